The number of rotatable bonds is 6. The molecule has 1 atom stereocenters. The fourth-order valence-corrected chi connectivity index (χ4v) is 7.11. The molecule has 216 valence electrons. The van der Waals surface area contributed by atoms with Crippen molar-refractivity contribution in [3.63, 3.8) is 0 Å². The Labute approximate surface area is 257 Å². The summed E-state index contributed by atoms with van der Waals surface area (Å²) in [6, 6.07) is 30.4. The van der Waals surface area contributed by atoms with Gasteiger partial charge < -0.3 is 13.7 Å². The number of benzene rings is 5. The highest BCUT2D eigenvalue weighted by molar-refractivity contribution is 6.28. The molecule has 44 heavy (non-hydrogen) atoms. The van der Waals surface area contributed by atoms with Gasteiger partial charge in [-0.25, -0.2) is 0 Å². The van der Waals surface area contributed by atoms with Crippen molar-refractivity contribution in [1.82, 2.24) is 0 Å². The molecule has 1 aliphatic rings. The lowest BCUT2D eigenvalue weighted by atomic mass is 9.88. The summed E-state index contributed by atoms with van der Waals surface area (Å²) in [6.45, 7) is 10.8. The second-order valence-corrected chi connectivity index (χ2v) is 12.2. The maximum absolute atomic E-state index is 6.66. The molecule has 0 N–H and O–H groups in total. The van der Waals surface area contributed by atoms with Gasteiger partial charge in [0, 0.05) is 50.6 Å². The molecule has 2 aromatic heterocycles. The standard InChI is InChI=1S/C41H35NO2/c1-5-30-33-21-20-29(23-38(33)43-36(30)6-2)42(28-18-15-26(16-19-28)25(3)4)35-24-39-41(34-14-10-9-13-32(34)35)40-31-12-8-7-11-27(31)17-22-37(40)44-39/h6-15,17-26H,2,5,16H2,1,3-4H3. The van der Waals surface area contributed by atoms with Crippen molar-refractivity contribution in [2.45, 2.75) is 33.6 Å². The number of nitrogens with zero attached hydrogens (tertiary/aromatic N) is 1. The fraction of sp³-hybridized carbons (Fsp3) is 0.171. The summed E-state index contributed by atoms with van der Waals surface area (Å²) in [7, 11) is 0. The van der Waals surface area contributed by atoms with Gasteiger partial charge in [0.25, 0.3) is 0 Å². The summed E-state index contributed by atoms with van der Waals surface area (Å²) in [5.74, 6) is 1.96. The highest BCUT2D eigenvalue weighted by Gasteiger charge is 2.24. The van der Waals surface area contributed by atoms with Crippen molar-refractivity contribution >= 4 is 71.9 Å². The monoisotopic (exact) mass is 573 g/mol. The lowest BCUT2D eigenvalue weighted by Crippen LogP contribution is -2.19. The quantitative estimate of drug-likeness (QED) is 0.198. The third kappa shape index (κ3) is 4.03. The number of furan rings is 2. The van der Waals surface area contributed by atoms with E-state index in [2.05, 4.69) is 135 Å². The van der Waals surface area contributed by atoms with E-state index in [-0.39, 0.29) is 0 Å². The minimum atomic E-state index is 0.526. The van der Waals surface area contributed by atoms with Crippen LogP contribution in [0.1, 0.15) is 38.5 Å². The van der Waals surface area contributed by atoms with Gasteiger partial charge in [0.15, 0.2) is 0 Å². The van der Waals surface area contributed by atoms with Gasteiger partial charge in [-0.05, 0) is 71.2 Å². The van der Waals surface area contributed by atoms with Crippen LogP contribution in [-0.4, -0.2) is 0 Å². The van der Waals surface area contributed by atoms with Crippen LogP contribution in [0.2, 0.25) is 0 Å². The summed E-state index contributed by atoms with van der Waals surface area (Å²) in [4.78, 5) is 2.38. The van der Waals surface area contributed by atoms with Gasteiger partial charge in [-0.15, -0.1) is 0 Å². The number of aryl methyl sites for hydroxylation is 1. The zero-order valence-electron chi connectivity index (χ0n) is 25.4. The van der Waals surface area contributed by atoms with E-state index in [1.807, 2.05) is 6.08 Å². The van der Waals surface area contributed by atoms with Crippen LogP contribution < -0.4 is 4.90 Å². The summed E-state index contributed by atoms with van der Waals surface area (Å²) in [5, 5.41) is 8.26. The number of anilines is 2. The topological polar surface area (TPSA) is 29.5 Å². The van der Waals surface area contributed by atoms with E-state index >= 15 is 0 Å². The van der Waals surface area contributed by atoms with E-state index in [4.69, 9.17) is 8.83 Å². The number of hydrogen-bond donors (Lipinski definition) is 0. The molecule has 0 aliphatic heterocycles. The zero-order valence-corrected chi connectivity index (χ0v) is 25.4. The van der Waals surface area contributed by atoms with Gasteiger partial charge in [-0.3, -0.25) is 0 Å². The maximum Gasteiger partial charge on any atom is 0.138 e. The normalized spacial score (nSPS) is 15.3. The third-order valence-electron chi connectivity index (χ3n) is 9.42. The molecule has 1 aliphatic carbocycles. The molecule has 3 heteroatoms. The molecule has 7 aromatic rings. The fourth-order valence-electron chi connectivity index (χ4n) is 7.11. The van der Waals surface area contributed by atoms with Crippen LogP contribution in [0.5, 0.6) is 0 Å². The lowest BCUT2D eigenvalue weighted by molar-refractivity contribution is 0.466. The van der Waals surface area contributed by atoms with E-state index in [1.165, 1.54) is 32.5 Å². The molecule has 2 heterocycles. The predicted octanol–water partition coefficient (Wildman–Crippen LogP) is 12.1. The van der Waals surface area contributed by atoms with E-state index in [9.17, 15) is 0 Å². The number of hydrogen-bond acceptors (Lipinski definition) is 3. The molecular formula is C41H35NO2. The van der Waals surface area contributed by atoms with Crippen LogP contribution in [-0.2, 0) is 6.42 Å². The first kappa shape index (κ1) is 26.6. The Morgan fingerprint density at radius 3 is 2.34 bits per heavy atom. The van der Waals surface area contributed by atoms with Crippen LogP contribution in [0.25, 0.3) is 60.5 Å². The second kappa shape index (κ2) is 10.3. The molecule has 0 radical (unpaired) electrons. The van der Waals surface area contributed by atoms with E-state index in [0.29, 0.717) is 11.8 Å². The molecule has 0 fully saturated rings. The first-order valence-electron chi connectivity index (χ1n) is 15.7. The molecule has 0 spiro atoms. The first-order valence-corrected chi connectivity index (χ1v) is 15.7. The van der Waals surface area contributed by atoms with Crippen LogP contribution in [0.4, 0.5) is 11.4 Å². The molecule has 1 unspecified atom stereocenters. The number of fused-ring (bicyclic) bond motifs is 8. The van der Waals surface area contributed by atoms with Crippen molar-refractivity contribution < 1.29 is 8.83 Å². The number of allylic oxidation sites excluding steroid dienone is 3. The molecule has 5 aromatic carbocycles. The lowest BCUT2D eigenvalue weighted by Gasteiger charge is -2.30. The Kier molecular flexibility index (Phi) is 6.23. The summed E-state index contributed by atoms with van der Waals surface area (Å²) in [5.41, 5.74) is 7.15. The van der Waals surface area contributed by atoms with Crippen molar-refractivity contribution in [3.8, 4) is 0 Å². The van der Waals surface area contributed by atoms with Crippen molar-refractivity contribution in [1.29, 1.82) is 0 Å². The Morgan fingerprint density at radius 2 is 1.59 bits per heavy atom. The van der Waals surface area contributed by atoms with Crippen LogP contribution in [0.15, 0.2) is 124 Å². The highest BCUT2D eigenvalue weighted by atomic mass is 16.3. The highest BCUT2D eigenvalue weighted by Crippen LogP contribution is 2.46. The SMILES string of the molecule is C=Cc1oc2cc(N(C3=CCC(C(C)C)C=C3)c3cc4oc5ccc6ccccc6c5c4c4ccccc34)ccc2c1CC. The Morgan fingerprint density at radius 1 is 0.818 bits per heavy atom. The minimum absolute atomic E-state index is 0.526. The van der Waals surface area contributed by atoms with Crippen LogP contribution in [0.3, 0.4) is 0 Å². The van der Waals surface area contributed by atoms with Crippen LogP contribution >= 0.6 is 0 Å². The maximum atomic E-state index is 6.66. The van der Waals surface area contributed by atoms with Crippen molar-refractivity contribution in [3.05, 3.63) is 127 Å². The Bertz CT molecular complexity index is 2310. The van der Waals surface area contributed by atoms with E-state index in [0.717, 1.165) is 63.2 Å². The first-order chi connectivity index (χ1) is 21.6. The van der Waals surface area contributed by atoms with Gasteiger partial charge in [-0.1, -0.05) is 94.1 Å². The van der Waals surface area contributed by atoms with Crippen molar-refractivity contribution in [2.75, 3.05) is 4.90 Å². The van der Waals surface area contributed by atoms with Gasteiger partial charge in [0.05, 0.1) is 5.69 Å². The summed E-state index contributed by atoms with van der Waals surface area (Å²) in [6.07, 6.45) is 10.8. The van der Waals surface area contributed by atoms with Crippen molar-refractivity contribution in [2.24, 2.45) is 11.8 Å². The van der Waals surface area contributed by atoms with Gasteiger partial charge in [0.1, 0.15) is 22.5 Å². The van der Waals surface area contributed by atoms with Crippen LogP contribution in [0, 0.1) is 11.8 Å². The molecule has 0 saturated heterocycles. The largest absolute Gasteiger partial charge is 0.456 e. The molecule has 0 bridgehead atoms. The average Bonchev–Trinajstić information content (AvgIpc) is 3.63. The van der Waals surface area contributed by atoms with Gasteiger partial charge in [0.2, 0.25) is 0 Å². The smallest absolute Gasteiger partial charge is 0.138 e. The van der Waals surface area contributed by atoms with E-state index in [1.54, 1.807) is 0 Å². The molecule has 8 rings (SSSR count). The molecule has 3 nitrogen and oxygen atoms in total. The van der Waals surface area contributed by atoms with Gasteiger partial charge >= 0.3 is 0 Å². The zero-order chi connectivity index (χ0) is 29.9. The summed E-state index contributed by atoms with van der Waals surface area (Å²) >= 11 is 0. The summed E-state index contributed by atoms with van der Waals surface area (Å²) < 4.78 is 13.0. The molecular weight excluding hydrogens is 538 g/mol. The molecule has 0 amide bonds. The Hall–Kier alpha value is -5.02. The van der Waals surface area contributed by atoms with Gasteiger partial charge in [-0.2, -0.15) is 0 Å². The van der Waals surface area contributed by atoms with E-state index < -0.39 is 0 Å². The average molecular weight is 574 g/mol. The third-order valence-corrected chi connectivity index (χ3v) is 9.42. The Balaban J connectivity index is 1.42. The predicted molar refractivity (Wildman–Crippen MR) is 187 cm³/mol. The second-order valence-electron chi connectivity index (χ2n) is 12.2. The minimum Gasteiger partial charge on any atom is -0.456 e. The molecule has 0 saturated carbocycles.